The van der Waals surface area contributed by atoms with Crippen LogP contribution in [0.3, 0.4) is 0 Å². The van der Waals surface area contributed by atoms with E-state index in [4.69, 9.17) is 0 Å². The van der Waals surface area contributed by atoms with E-state index in [1.807, 2.05) is 6.07 Å². The smallest absolute Gasteiger partial charge is 0.416 e. The Labute approximate surface area is 214 Å². The van der Waals surface area contributed by atoms with Crippen molar-refractivity contribution in [3.8, 4) is 11.1 Å². The number of hydrogen-bond donors (Lipinski definition) is 1. The van der Waals surface area contributed by atoms with Crippen molar-refractivity contribution in [3.63, 3.8) is 0 Å². The van der Waals surface area contributed by atoms with Gasteiger partial charge in [0.15, 0.2) is 0 Å². The average Bonchev–Trinajstić information content (AvgIpc) is 2.88. The lowest BCUT2D eigenvalue weighted by molar-refractivity contribution is -0.138. The van der Waals surface area contributed by atoms with Gasteiger partial charge >= 0.3 is 12.1 Å². The van der Waals surface area contributed by atoms with E-state index in [2.05, 4.69) is 18.7 Å². The summed E-state index contributed by atoms with van der Waals surface area (Å²) in [5, 5.41) is 9.62. The molecule has 1 aliphatic heterocycles. The second-order valence-electron chi connectivity index (χ2n) is 10.2. The van der Waals surface area contributed by atoms with Crippen molar-refractivity contribution < 1.29 is 27.5 Å². The number of carbonyl (C=O) groups is 1. The molecule has 1 heterocycles. The molecule has 0 amide bonds. The molecular formula is C30H31F4NO2. The van der Waals surface area contributed by atoms with Crippen LogP contribution >= 0.6 is 0 Å². The van der Waals surface area contributed by atoms with Gasteiger partial charge in [-0.25, -0.2) is 4.39 Å². The number of likely N-dealkylation sites (tertiary alicyclic amines) is 1. The molecule has 196 valence electrons. The van der Waals surface area contributed by atoms with Crippen molar-refractivity contribution in [2.75, 3.05) is 13.1 Å². The maximum atomic E-state index is 13.9. The Morgan fingerprint density at radius 3 is 2.05 bits per heavy atom. The molecule has 0 aliphatic carbocycles. The number of benzene rings is 3. The largest absolute Gasteiger partial charge is 0.481 e. The van der Waals surface area contributed by atoms with E-state index in [9.17, 15) is 27.5 Å². The van der Waals surface area contributed by atoms with E-state index >= 15 is 0 Å². The zero-order valence-corrected chi connectivity index (χ0v) is 21.1. The standard InChI is InChI=1S/C30H31F4NO2/c1-19-14-16-35(17-15-19)29(3,23-9-11-25(31)12-10-23)27-13-6-22(20(2)28(36)37)18-26(27)21-4-7-24(8-5-21)30(32,33)34/h4-13,18-20H,14-17H2,1-3H3,(H,36,37). The van der Waals surface area contributed by atoms with Gasteiger partial charge in [-0.05, 0) is 104 Å². The van der Waals surface area contributed by atoms with Crippen LogP contribution in [0.5, 0.6) is 0 Å². The van der Waals surface area contributed by atoms with Gasteiger partial charge in [0.25, 0.3) is 0 Å². The Morgan fingerprint density at radius 1 is 0.946 bits per heavy atom. The molecule has 3 nitrogen and oxygen atoms in total. The first-order valence-corrected chi connectivity index (χ1v) is 12.5. The van der Waals surface area contributed by atoms with Crippen LogP contribution in [0.2, 0.25) is 0 Å². The molecule has 1 aliphatic rings. The first-order valence-electron chi connectivity index (χ1n) is 12.5. The Balaban J connectivity index is 1.94. The predicted molar refractivity (Wildman–Crippen MR) is 136 cm³/mol. The maximum Gasteiger partial charge on any atom is 0.416 e. The summed E-state index contributed by atoms with van der Waals surface area (Å²) in [6.45, 7) is 7.45. The van der Waals surface area contributed by atoms with Crippen molar-refractivity contribution in [1.29, 1.82) is 0 Å². The van der Waals surface area contributed by atoms with Crippen molar-refractivity contribution in [3.05, 3.63) is 94.8 Å². The molecule has 37 heavy (non-hydrogen) atoms. The van der Waals surface area contributed by atoms with Gasteiger partial charge in [0, 0.05) is 0 Å². The van der Waals surface area contributed by atoms with E-state index in [0.29, 0.717) is 22.6 Å². The van der Waals surface area contributed by atoms with Crippen LogP contribution in [-0.4, -0.2) is 29.1 Å². The van der Waals surface area contributed by atoms with E-state index in [0.717, 1.165) is 49.2 Å². The van der Waals surface area contributed by atoms with Crippen molar-refractivity contribution in [2.24, 2.45) is 5.92 Å². The first-order chi connectivity index (χ1) is 17.4. The molecule has 4 rings (SSSR count). The van der Waals surface area contributed by atoms with Gasteiger partial charge in [0.2, 0.25) is 0 Å². The monoisotopic (exact) mass is 513 g/mol. The van der Waals surface area contributed by atoms with E-state index in [-0.39, 0.29) is 5.82 Å². The van der Waals surface area contributed by atoms with Crippen LogP contribution in [-0.2, 0) is 16.5 Å². The minimum absolute atomic E-state index is 0.355. The molecule has 3 aromatic carbocycles. The van der Waals surface area contributed by atoms with Gasteiger partial charge in [-0.2, -0.15) is 13.2 Å². The van der Waals surface area contributed by atoms with Crippen LogP contribution in [0.4, 0.5) is 17.6 Å². The minimum atomic E-state index is -4.46. The summed E-state index contributed by atoms with van der Waals surface area (Å²) in [4.78, 5) is 14.1. The summed E-state index contributed by atoms with van der Waals surface area (Å²) in [7, 11) is 0. The summed E-state index contributed by atoms with van der Waals surface area (Å²) >= 11 is 0. The number of nitrogens with zero attached hydrogens (tertiary/aromatic N) is 1. The number of rotatable bonds is 6. The average molecular weight is 514 g/mol. The number of halogens is 4. The fourth-order valence-corrected chi connectivity index (χ4v) is 5.21. The second kappa shape index (κ2) is 10.3. The second-order valence-corrected chi connectivity index (χ2v) is 10.2. The fourth-order valence-electron chi connectivity index (χ4n) is 5.21. The molecule has 7 heteroatoms. The number of piperidine rings is 1. The van der Waals surface area contributed by atoms with Crippen LogP contribution in [0, 0.1) is 11.7 Å². The van der Waals surface area contributed by atoms with Crippen molar-refractivity contribution in [2.45, 2.75) is 51.2 Å². The highest BCUT2D eigenvalue weighted by atomic mass is 19.4. The van der Waals surface area contributed by atoms with Crippen LogP contribution < -0.4 is 0 Å². The van der Waals surface area contributed by atoms with Crippen molar-refractivity contribution in [1.82, 2.24) is 4.90 Å². The van der Waals surface area contributed by atoms with E-state index < -0.39 is 29.2 Å². The lowest BCUT2D eigenvalue weighted by atomic mass is 9.76. The summed E-state index contributed by atoms with van der Waals surface area (Å²) in [5.74, 6) is -1.57. The molecule has 1 saturated heterocycles. The third-order valence-corrected chi connectivity index (χ3v) is 7.78. The van der Waals surface area contributed by atoms with Crippen LogP contribution in [0.25, 0.3) is 11.1 Å². The Hall–Kier alpha value is -3.19. The normalized spacial score (nSPS) is 17.8. The Bertz CT molecular complexity index is 1250. The number of hydrogen-bond acceptors (Lipinski definition) is 2. The van der Waals surface area contributed by atoms with Gasteiger partial charge < -0.3 is 5.11 Å². The number of carboxylic acid groups (broad SMARTS) is 1. The van der Waals surface area contributed by atoms with E-state index in [1.165, 1.54) is 24.3 Å². The lowest BCUT2D eigenvalue weighted by Crippen LogP contribution is -2.48. The molecule has 0 aromatic heterocycles. The Morgan fingerprint density at radius 2 is 1.51 bits per heavy atom. The van der Waals surface area contributed by atoms with Crippen LogP contribution in [0.1, 0.15) is 61.8 Å². The predicted octanol–water partition coefficient (Wildman–Crippen LogP) is 7.70. The zero-order valence-electron chi connectivity index (χ0n) is 21.1. The highest BCUT2D eigenvalue weighted by molar-refractivity contribution is 5.78. The quantitative estimate of drug-likeness (QED) is 0.344. The molecular weight excluding hydrogens is 482 g/mol. The first kappa shape index (κ1) is 26.9. The molecule has 1 N–H and O–H groups in total. The third kappa shape index (κ3) is 5.42. The SMILES string of the molecule is CC1CCN(C(C)(c2ccc(F)cc2)c2ccc(C(C)C(=O)O)cc2-c2ccc(C(F)(F)F)cc2)CC1. The number of carboxylic acids is 1. The summed E-state index contributed by atoms with van der Waals surface area (Å²) in [6, 6.07) is 16.7. The van der Waals surface area contributed by atoms with Gasteiger partial charge in [-0.1, -0.05) is 43.3 Å². The Kier molecular flexibility index (Phi) is 7.47. The zero-order chi connectivity index (χ0) is 27.0. The topological polar surface area (TPSA) is 40.5 Å². The highest BCUT2D eigenvalue weighted by Gasteiger charge is 2.39. The molecule has 0 spiro atoms. The fraction of sp³-hybridized carbons (Fsp3) is 0.367. The lowest BCUT2D eigenvalue weighted by Gasteiger charge is -2.46. The maximum absolute atomic E-state index is 13.9. The molecule has 3 aromatic rings. The third-order valence-electron chi connectivity index (χ3n) is 7.78. The van der Waals surface area contributed by atoms with Gasteiger partial charge in [0.05, 0.1) is 17.0 Å². The van der Waals surface area contributed by atoms with Gasteiger partial charge in [-0.3, -0.25) is 9.69 Å². The molecule has 0 saturated carbocycles. The van der Waals surface area contributed by atoms with E-state index in [1.54, 1.807) is 31.2 Å². The molecule has 2 atom stereocenters. The minimum Gasteiger partial charge on any atom is -0.481 e. The molecule has 0 bridgehead atoms. The molecule has 1 fully saturated rings. The summed E-state index contributed by atoms with van der Waals surface area (Å²) in [5.41, 5.74) is 1.98. The molecule has 2 unspecified atom stereocenters. The highest BCUT2D eigenvalue weighted by Crippen LogP contribution is 2.44. The molecule has 0 radical (unpaired) electrons. The van der Waals surface area contributed by atoms with Gasteiger partial charge in [-0.15, -0.1) is 0 Å². The van der Waals surface area contributed by atoms with Gasteiger partial charge in [0.1, 0.15) is 5.82 Å². The number of alkyl halides is 3. The van der Waals surface area contributed by atoms with Crippen molar-refractivity contribution >= 4 is 5.97 Å². The summed E-state index contributed by atoms with van der Waals surface area (Å²) < 4.78 is 53.7. The van der Waals surface area contributed by atoms with Crippen LogP contribution in [0.15, 0.2) is 66.7 Å². The number of aliphatic carboxylic acids is 1. The summed E-state index contributed by atoms with van der Waals surface area (Å²) in [6.07, 6.45) is -2.49.